The summed E-state index contributed by atoms with van der Waals surface area (Å²) in [7, 11) is 1.84. The molecule has 0 aliphatic carbocycles. The Kier molecular flexibility index (Phi) is 4.99. The first-order valence-electron chi connectivity index (χ1n) is 5.64. The molecule has 1 amide bonds. The number of hydrogen-bond acceptors (Lipinski definition) is 2. The topological polar surface area (TPSA) is 41.1 Å². The smallest absolute Gasteiger partial charge is 0.221 e. The van der Waals surface area contributed by atoms with E-state index in [2.05, 4.69) is 29.7 Å². The SMILES string of the molecule is CNCCC(=O)N[C@H](C)c1cccc(C)c1. The van der Waals surface area contributed by atoms with Crippen LogP contribution in [0.1, 0.15) is 30.5 Å². The summed E-state index contributed by atoms with van der Waals surface area (Å²) in [6, 6.07) is 8.28. The van der Waals surface area contributed by atoms with Crippen LogP contribution >= 0.6 is 0 Å². The van der Waals surface area contributed by atoms with E-state index in [4.69, 9.17) is 0 Å². The van der Waals surface area contributed by atoms with Gasteiger partial charge in [-0.1, -0.05) is 29.8 Å². The average molecular weight is 220 g/mol. The second kappa shape index (κ2) is 6.28. The number of hydrogen-bond donors (Lipinski definition) is 2. The number of carbonyl (C=O) groups excluding carboxylic acids is 1. The first-order chi connectivity index (χ1) is 7.63. The minimum atomic E-state index is 0.0734. The van der Waals surface area contributed by atoms with Crippen molar-refractivity contribution in [3.63, 3.8) is 0 Å². The van der Waals surface area contributed by atoms with Gasteiger partial charge in [0, 0.05) is 13.0 Å². The summed E-state index contributed by atoms with van der Waals surface area (Å²) in [5, 5.41) is 5.94. The van der Waals surface area contributed by atoms with Crippen LogP contribution in [0.15, 0.2) is 24.3 Å². The van der Waals surface area contributed by atoms with Crippen LogP contribution in [0.25, 0.3) is 0 Å². The van der Waals surface area contributed by atoms with Gasteiger partial charge < -0.3 is 10.6 Å². The van der Waals surface area contributed by atoms with Crippen molar-refractivity contribution in [2.45, 2.75) is 26.3 Å². The Balaban J connectivity index is 2.52. The molecule has 0 radical (unpaired) electrons. The molecular weight excluding hydrogens is 200 g/mol. The van der Waals surface area contributed by atoms with E-state index in [9.17, 15) is 4.79 Å². The molecule has 0 aliphatic rings. The third kappa shape index (κ3) is 4.03. The van der Waals surface area contributed by atoms with E-state index in [1.54, 1.807) is 0 Å². The van der Waals surface area contributed by atoms with Crippen molar-refractivity contribution in [1.29, 1.82) is 0 Å². The van der Waals surface area contributed by atoms with Crippen LogP contribution in [0.5, 0.6) is 0 Å². The van der Waals surface area contributed by atoms with Gasteiger partial charge in [0.25, 0.3) is 0 Å². The Labute approximate surface area is 97.2 Å². The maximum atomic E-state index is 11.5. The Morgan fingerprint density at radius 3 is 2.81 bits per heavy atom. The third-order valence-corrected chi connectivity index (χ3v) is 2.52. The minimum Gasteiger partial charge on any atom is -0.350 e. The molecule has 88 valence electrons. The first kappa shape index (κ1) is 12.7. The lowest BCUT2D eigenvalue weighted by molar-refractivity contribution is -0.121. The van der Waals surface area contributed by atoms with Gasteiger partial charge in [-0.15, -0.1) is 0 Å². The fourth-order valence-corrected chi connectivity index (χ4v) is 1.57. The van der Waals surface area contributed by atoms with Gasteiger partial charge in [0.1, 0.15) is 0 Å². The predicted octanol–water partition coefficient (Wildman–Crippen LogP) is 1.78. The molecule has 0 bridgehead atoms. The number of carbonyl (C=O) groups is 1. The summed E-state index contributed by atoms with van der Waals surface area (Å²) in [6.45, 7) is 4.78. The van der Waals surface area contributed by atoms with Gasteiger partial charge in [-0.25, -0.2) is 0 Å². The summed E-state index contributed by atoms with van der Waals surface area (Å²) in [6.07, 6.45) is 0.520. The summed E-state index contributed by atoms with van der Waals surface area (Å²) in [4.78, 5) is 11.5. The fourth-order valence-electron chi connectivity index (χ4n) is 1.57. The van der Waals surface area contributed by atoms with Gasteiger partial charge in [0.2, 0.25) is 5.91 Å². The van der Waals surface area contributed by atoms with Gasteiger partial charge >= 0.3 is 0 Å². The van der Waals surface area contributed by atoms with E-state index < -0.39 is 0 Å². The summed E-state index contributed by atoms with van der Waals surface area (Å²) in [5.41, 5.74) is 2.37. The summed E-state index contributed by atoms with van der Waals surface area (Å²) in [5.74, 6) is 0.0864. The van der Waals surface area contributed by atoms with E-state index in [-0.39, 0.29) is 11.9 Å². The van der Waals surface area contributed by atoms with E-state index in [1.807, 2.05) is 26.1 Å². The Morgan fingerprint density at radius 1 is 1.44 bits per heavy atom. The zero-order valence-electron chi connectivity index (χ0n) is 10.2. The highest BCUT2D eigenvalue weighted by atomic mass is 16.1. The van der Waals surface area contributed by atoms with Crippen molar-refractivity contribution in [2.75, 3.05) is 13.6 Å². The van der Waals surface area contributed by atoms with Gasteiger partial charge in [0.15, 0.2) is 0 Å². The van der Waals surface area contributed by atoms with Gasteiger partial charge in [-0.05, 0) is 26.5 Å². The van der Waals surface area contributed by atoms with Crippen molar-refractivity contribution in [2.24, 2.45) is 0 Å². The van der Waals surface area contributed by atoms with Gasteiger partial charge in [-0.2, -0.15) is 0 Å². The van der Waals surface area contributed by atoms with Crippen LogP contribution in [0.3, 0.4) is 0 Å². The second-order valence-electron chi connectivity index (χ2n) is 4.06. The second-order valence-corrected chi connectivity index (χ2v) is 4.06. The monoisotopic (exact) mass is 220 g/mol. The molecule has 1 atom stereocenters. The molecule has 0 aliphatic heterocycles. The van der Waals surface area contributed by atoms with E-state index in [0.29, 0.717) is 13.0 Å². The molecule has 0 aromatic heterocycles. The number of nitrogens with one attached hydrogen (secondary N) is 2. The molecule has 2 N–H and O–H groups in total. The standard InChI is InChI=1S/C13H20N2O/c1-10-5-4-6-12(9-10)11(2)15-13(16)7-8-14-3/h4-6,9,11,14H,7-8H2,1-3H3,(H,15,16)/t11-/m1/s1. The summed E-state index contributed by atoms with van der Waals surface area (Å²) < 4.78 is 0. The molecule has 3 nitrogen and oxygen atoms in total. The molecule has 0 heterocycles. The highest BCUT2D eigenvalue weighted by Gasteiger charge is 2.08. The van der Waals surface area contributed by atoms with Crippen LogP contribution in [0.2, 0.25) is 0 Å². The highest BCUT2D eigenvalue weighted by molar-refractivity contribution is 5.76. The van der Waals surface area contributed by atoms with Crippen molar-refractivity contribution < 1.29 is 4.79 Å². The van der Waals surface area contributed by atoms with Crippen LogP contribution in [-0.4, -0.2) is 19.5 Å². The largest absolute Gasteiger partial charge is 0.350 e. The van der Waals surface area contributed by atoms with Crippen molar-refractivity contribution in [3.8, 4) is 0 Å². The van der Waals surface area contributed by atoms with Gasteiger partial charge in [-0.3, -0.25) is 4.79 Å². The predicted molar refractivity (Wildman–Crippen MR) is 66.3 cm³/mol. The van der Waals surface area contributed by atoms with Crippen molar-refractivity contribution in [3.05, 3.63) is 35.4 Å². The third-order valence-electron chi connectivity index (χ3n) is 2.52. The van der Waals surface area contributed by atoms with Crippen molar-refractivity contribution in [1.82, 2.24) is 10.6 Å². The van der Waals surface area contributed by atoms with Crippen LogP contribution in [-0.2, 0) is 4.79 Å². The first-order valence-corrected chi connectivity index (χ1v) is 5.64. The molecule has 0 fully saturated rings. The minimum absolute atomic E-state index is 0.0734. The van der Waals surface area contributed by atoms with Crippen LogP contribution in [0, 0.1) is 6.92 Å². The molecule has 0 spiro atoms. The van der Waals surface area contributed by atoms with E-state index in [0.717, 1.165) is 5.56 Å². The molecule has 0 unspecified atom stereocenters. The average Bonchev–Trinajstić information content (AvgIpc) is 2.26. The Hall–Kier alpha value is -1.35. The maximum absolute atomic E-state index is 11.5. The maximum Gasteiger partial charge on any atom is 0.221 e. The number of benzene rings is 1. The Morgan fingerprint density at radius 2 is 2.19 bits per heavy atom. The normalized spacial score (nSPS) is 12.2. The van der Waals surface area contributed by atoms with E-state index >= 15 is 0 Å². The molecule has 1 aromatic rings. The highest BCUT2D eigenvalue weighted by Crippen LogP contribution is 2.13. The number of aryl methyl sites for hydroxylation is 1. The lowest BCUT2D eigenvalue weighted by atomic mass is 10.1. The zero-order valence-corrected chi connectivity index (χ0v) is 10.2. The molecule has 1 rings (SSSR count). The van der Waals surface area contributed by atoms with E-state index in [1.165, 1.54) is 5.56 Å². The molecule has 0 saturated carbocycles. The quantitative estimate of drug-likeness (QED) is 0.794. The molecule has 0 saturated heterocycles. The molecule has 3 heteroatoms. The van der Waals surface area contributed by atoms with Crippen LogP contribution < -0.4 is 10.6 Å². The number of rotatable bonds is 5. The Bertz CT molecular complexity index is 350. The lowest BCUT2D eigenvalue weighted by Crippen LogP contribution is -2.29. The van der Waals surface area contributed by atoms with Crippen LogP contribution in [0.4, 0.5) is 0 Å². The fraction of sp³-hybridized carbons (Fsp3) is 0.462. The zero-order chi connectivity index (χ0) is 12.0. The molecular formula is C13H20N2O. The van der Waals surface area contributed by atoms with Crippen molar-refractivity contribution >= 4 is 5.91 Å². The molecule has 1 aromatic carbocycles. The lowest BCUT2D eigenvalue weighted by Gasteiger charge is -2.14. The summed E-state index contributed by atoms with van der Waals surface area (Å²) >= 11 is 0. The molecule has 16 heavy (non-hydrogen) atoms. The van der Waals surface area contributed by atoms with Gasteiger partial charge in [0.05, 0.1) is 6.04 Å². The number of amides is 1.